The van der Waals surface area contributed by atoms with Crippen molar-refractivity contribution < 1.29 is 9.59 Å². The van der Waals surface area contributed by atoms with Crippen LogP contribution in [0.3, 0.4) is 0 Å². The van der Waals surface area contributed by atoms with E-state index < -0.39 is 6.04 Å². The van der Waals surface area contributed by atoms with E-state index >= 15 is 0 Å². The molecule has 6 nitrogen and oxygen atoms in total. The van der Waals surface area contributed by atoms with E-state index in [4.69, 9.17) is 0 Å². The average molecular weight is 375 g/mol. The fourth-order valence-electron chi connectivity index (χ4n) is 3.25. The summed E-state index contributed by atoms with van der Waals surface area (Å²) in [5, 5.41) is 5.49. The van der Waals surface area contributed by atoms with E-state index in [9.17, 15) is 9.59 Å². The summed E-state index contributed by atoms with van der Waals surface area (Å²) < 4.78 is 0. The first-order valence-corrected chi connectivity index (χ1v) is 9.99. The number of amides is 2. The minimum atomic E-state index is -0.493. The number of nitrogens with zero attached hydrogens (tertiary/aromatic N) is 2. The summed E-state index contributed by atoms with van der Waals surface area (Å²) >= 11 is 0. The van der Waals surface area contributed by atoms with Crippen LogP contribution in [0.4, 0.5) is 0 Å². The second kappa shape index (κ2) is 10.4. The average Bonchev–Trinajstić information content (AvgIpc) is 2.64. The van der Waals surface area contributed by atoms with Crippen molar-refractivity contribution in [1.82, 2.24) is 20.4 Å². The van der Waals surface area contributed by atoms with Gasteiger partial charge in [-0.05, 0) is 30.9 Å². The van der Waals surface area contributed by atoms with Gasteiger partial charge in [0.1, 0.15) is 6.04 Å². The van der Waals surface area contributed by atoms with Crippen molar-refractivity contribution in [3.05, 3.63) is 35.4 Å². The Morgan fingerprint density at radius 3 is 2.15 bits per heavy atom. The molecule has 1 aliphatic rings. The van der Waals surface area contributed by atoms with Crippen molar-refractivity contribution >= 4 is 11.8 Å². The lowest BCUT2D eigenvalue weighted by atomic mass is 10.0. The van der Waals surface area contributed by atoms with Crippen LogP contribution < -0.4 is 10.6 Å². The monoisotopic (exact) mass is 374 g/mol. The smallest absolute Gasteiger partial charge is 0.242 e. The summed E-state index contributed by atoms with van der Waals surface area (Å²) in [4.78, 5) is 28.4. The van der Waals surface area contributed by atoms with E-state index in [1.165, 1.54) is 11.1 Å². The molecular formula is C21H34N4O2. The van der Waals surface area contributed by atoms with Crippen LogP contribution in [0, 0.1) is 0 Å². The van der Waals surface area contributed by atoms with Gasteiger partial charge >= 0.3 is 0 Å². The van der Waals surface area contributed by atoms with Crippen LogP contribution in [0.15, 0.2) is 24.3 Å². The minimum Gasteiger partial charge on any atom is -0.355 e. The highest BCUT2D eigenvalue weighted by Gasteiger charge is 2.21. The van der Waals surface area contributed by atoms with Gasteiger partial charge in [0.25, 0.3) is 0 Å². The molecule has 1 fully saturated rings. The van der Waals surface area contributed by atoms with Gasteiger partial charge in [-0.25, -0.2) is 0 Å². The number of likely N-dealkylation sites (N-methyl/N-ethyl adjacent to an activating group) is 1. The lowest BCUT2D eigenvalue weighted by Gasteiger charge is -2.34. The normalized spacial score (nSPS) is 16.9. The van der Waals surface area contributed by atoms with E-state index in [-0.39, 0.29) is 11.8 Å². The molecule has 0 aliphatic carbocycles. The van der Waals surface area contributed by atoms with Crippen molar-refractivity contribution in [3.63, 3.8) is 0 Å². The van der Waals surface area contributed by atoms with E-state index in [2.05, 4.69) is 58.5 Å². The zero-order chi connectivity index (χ0) is 19.8. The van der Waals surface area contributed by atoms with Crippen LogP contribution in [0.1, 0.15) is 44.7 Å². The Morgan fingerprint density at radius 2 is 1.59 bits per heavy atom. The van der Waals surface area contributed by atoms with Gasteiger partial charge in [-0.3, -0.25) is 19.4 Å². The predicted molar refractivity (Wildman–Crippen MR) is 109 cm³/mol. The molecule has 1 saturated heterocycles. The third kappa shape index (κ3) is 6.96. The predicted octanol–water partition coefficient (Wildman–Crippen LogP) is 1.57. The fourth-order valence-corrected chi connectivity index (χ4v) is 3.25. The first-order chi connectivity index (χ1) is 12.9. The largest absolute Gasteiger partial charge is 0.355 e. The molecule has 2 rings (SSSR count). The number of rotatable bonds is 8. The molecule has 6 heteroatoms. The summed E-state index contributed by atoms with van der Waals surface area (Å²) in [6, 6.07) is 8.38. The number of piperazine rings is 1. The lowest BCUT2D eigenvalue weighted by Crippen LogP contribution is -2.51. The molecular weight excluding hydrogens is 340 g/mol. The van der Waals surface area contributed by atoms with Crippen molar-refractivity contribution in [2.24, 2.45) is 0 Å². The van der Waals surface area contributed by atoms with E-state index in [0.717, 1.165) is 32.7 Å². The van der Waals surface area contributed by atoms with Crippen molar-refractivity contribution in [2.75, 3.05) is 39.3 Å². The molecule has 27 heavy (non-hydrogen) atoms. The molecule has 0 saturated carbocycles. The maximum atomic E-state index is 12.1. The lowest BCUT2D eigenvalue weighted by molar-refractivity contribution is -0.129. The molecule has 0 unspecified atom stereocenters. The number of carbonyl (C=O) groups is 2. The molecule has 0 bridgehead atoms. The van der Waals surface area contributed by atoms with Crippen molar-refractivity contribution in [2.45, 2.75) is 46.2 Å². The molecule has 0 spiro atoms. The number of carbonyl (C=O) groups excluding carboxylic acids is 2. The third-order valence-electron chi connectivity index (χ3n) is 5.01. The molecule has 1 atom stereocenters. The SMILES string of the molecule is CCNC(=O)[C@@H](C)NC(=O)CN1CCN(Cc2ccc(C(C)C)cc2)CC1. The second-order valence-corrected chi connectivity index (χ2v) is 7.63. The summed E-state index contributed by atoms with van der Waals surface area (Å²) in [6.45, 7) is 13.5. The van der Waals surface area contributed by atoms with Gasteiger partial charge in [-0.1, -0.05) is 38.1 Å². The Bertz CT molecular complexity index is 607. The van der Waals surface area contributed by atoms with Gasteiger partial charge in [0.15, 0.2) is 0 Å². The standard InChI is InChI=1S/C21H34N4O2/c1-5-22-21(27)17(4)23-20(26)15-25-12-10-24(11-13-25)14-18-6-8-19(9-7-18)16(2)3/h6-9,16-17H,5,10-15H2,1-4H3,(H,22,27)(H,23,26)/t17-/m1/s1. The van der Waals surface area contributed by atoms with Crippen LogP contribution in [0.5, 0.6) is 0 Å². The Kier molecular flexibility index (Phi) is 8.25. The Balaban J connectivity index is 1.71. The highest BCUT2D eigenvalue weighted by molar-refractivity contribution is 5.87. The zero-order valence-corrected chi connectivity index (χ0v) is 17.1. The van der Waals surface area contributed by atoms with E-state index in [1.54, 1.807) is 6.92 Å². The minimum absolute atomic E-state index is 0.0912. The van der Waals surface area contributed by atoms with Gasteiger partial charge in [0, 0.05) is 39.3 Å². The summed E-state index contributed by atoms with van der Waals surface area (Å²) in [7, 11) is 0. The van der Waals surface area contributed by atoms with Gasteiger partial charge < -0.3 is 10.6 Å². The summed E-state index contributed by atoms with van der Waals surface area (Å²) in [5.74, 6) is 0.329. The van der Waals surface area contributed by atoms with Crippen LogP contribution in [-0.4, -0.2) is 66.9 Å². The molecule has 150 valence electrons. The van der Waals surface area contributed by atoms with Crippen LogP contribution in [0.2, 0.25) is 0 Å². The Hall–Kier alpha value is -1.92. The number of benzene rings is 1. The van der Waals surface area contributed by atoms with Gasteiger partial charge in [-0.2, -0.15) is 0 Å². The fraction of sp³-hybridized carbons (Fsp3) is 0.619. The highest BCUT2D eigenvalue weighted by Crippen LogP contribution is 2.16. The van der Waals surface area contributed by atoms with Crippen LogP contribution >= 0.6 is 0 Å². The van der Waals surface area contributed by atoms with Crippen LogP contribution in [0.25, 0.3) is 0 Å². The maximum Gasteiger partial charge on any atom is 0.242 e. The molecule has 1 aromatic rings. The van der Waals surface area contributed by atoms with Gasteiger partial charge in [0.05, 0.1) is 6.54 Å². The molecule has 1 heterocycles. The second-order valence-electron chi connectivity index (χ2n) is 7.63. The number of hydrogen-bond donors (Lipinski definition) is 2. The summed E-state index contributed by atoms with van der Waals surface area (Å²) in [5.41, 5.74) is 2.71. The van der Waals surface area contributed by atoms with Crippen molar-refractivity contribution in [3.8, 4) is 0 Å². The van der Waals surface area contributed by atoms with Gasteiger partial charge in [0.2, 0.25) is 11.8 Å². The molecule has 2 amide bonds. The molecule has 1 aliphatic heterocycles. The quantitative estimate of drug-likeness (QED) is 0.725. The topological polar surface area (TPSA) is 64.7 Å². The molecule has 1 aromatic carbocycles. The Morgan fingerprint density at radius 1 is 1.00 bits per heavy atom. The molecule has 2 N–H and O–H groups in total. The third-order valence-corrected chi connectivity index (χ3v) is 5.01. The first kappa shape index (κ1) is 21.4. The summed E-state index contributed by atoms with van der Waals surface area (Å²) in [6.07, 6.45) is 0. The zero-order valence-electron chi connectivity index (χ0n) is 17.1. The van der Waals surface area contributed by atoms with E-state index in [0.29, 0.717) is 19.0 Å². The van der Waals surface area contributed by atoms with Crippen LogP contribution in [-0.2, 0) is 16.1 Å². The molecule has 0 aromatic heterocycles. The van der Waals surface area contributed by atoms with E-state index in [1.807, 2.05) is 6.92 Å². The number of nitrogens with one attached hydrogen (secondary N) is 2. The molecule has 0 radical (unpaired) electrons. The number of hydrogen-bond acceptors (Lipinski definition) is 4. The maximum absolute atomic E-state index is 12.1. The highest BCUT2D eigenvalue weighted by atomic mass is 16.2. The van der Waals surface area contributed by atoms with Gasteiger partial charge in [-0.15, -0.1) is 0 Å². The Labute approximate surface area is 163 Å². The first-order valence-electron chi connectivity index (χ1n) is 9.99. The van der Waals surface area contributed by atoms with Crippen molar-refractivity contribution in [1.29, 1.82) is 0 Å².